The Labute approximate surface area is 166 Å². The van der Waals surface area contributed by atoms with Crippen molar-refractivity contribution in [3.8, 4) is 5.75 Å². The lowest BCUT2D eigenvalue weighted by Gasteiger charge is -2.41. The third-order valence-electron chi connectivity index (χ3n) is 4.77. The Morgan fingerprint density at radius 2 is 1.46 bits per heavy atom. The number of hydrogen-bond donors (Lipinski definition) is 0. The van der Waals surface area contributed by atoms with Crippen LogP contribution in [-0.4, -0.2) is 51.9 Å². The van der Waals surface area contributed by atoms with Crippen LogP contribution in [0.5, 0.6) is 5.75 Å². The van der Waals surface area contributed by atoms with Crippen molar-refractivity contribution in [2.45, 2.75) is 24.4 Å². The molecule has 1 saturated heterocycles. The van der Waals surface area contributed by atoms with Crippen LogP contribution < -0.4 is 4.74 Å². The number of aryl methyl sites for hydroxylation is 1. The predicted molar refractivity (Wildman–Crippen MR) is 107 cm³/mol. The Hall–Kier alpha value is -1.94. The summed E-state index contributed by atoms with van der Waals surface area (Å²) in [6.07, 6.45) is 0.581. The largest absolute Gasteiger partial charge is 0.497 e. The minimum Gasteiger partial charge on any atom is -0.497 e. The van der Waals surface area contributed by atoms with Crippen molar-refractivity contribution in [2.75, 3.05) is 26.5 Å². The van der Waals surface area contributed by atoms with Crippen LogP contribution in [-0.2, 0) is 20.0 Å². The van der Waals surface area contributed by atoms with Crippen LogP contribution in [0.3, 0.4) is 0 Å². The van der Waals surface area contributed by atoms with Crippen LogP contribution in [0.2, 0.25) is 0 Å². The molecule has 28 heavy (non-hydrogen) atoms. The molecule has 0 amide bonds. The van der Waals surface area contributed by atoms with E-state index in [4.69, 9.17) is 4.74 Å². The zero-order valence-electron chi connectivity index (χ0n) is 16.1. The van der Waals surface area contributed by atoms with Gasteiger partial charge in [0.15, 0.2) is 0 Å². The first-order chi connectivity index (χ1) is 13.1. The van der Waals surface area contributed by atoms with Crippen LogP contribution in [0, 0.1) is 6.92 Å². The zero-order chi connectivity index (χ0) is 20.5. The van der Waals surface area contributed by atoms with Gasteiger partial charge in [-0.15, -0.1) is 0 Å². The fourth-order valence-corrected chi connectivity index (χ4v) is 6.06. The highest BCUT2D eigenvalue weighted by atomic mass is 32.2. The molecule has 9 heteroatoms. The summed E-state index contributed by atoms with van der Waals surface area (Å²) in [6, 6.07) is 13.4. The van der Waals surface area contributed by atoms with E-state index < -0.39 is 26.2 Å². The molecule has 0 aromatic heterocycles. The zero-order valence-corrected chi connectivity index (χ0v) is 17.7. The van der Waals surface area contributed by atoms with Crippen LogP contribution in [0.15, 0.2) is 53.4 Å². The van der Waals surface area contributed by atoms with Gasteiger partial charge in [-0.1, -0.05) is 29.8 Å². The number of benzene rings is 2. The van der Waals surface area contributed by atoms with Gasteiger partial charge in [-0.2, -0.15) is 8.61 Å². The van der Waals surface area contributed by atoms with E-state index >= 15 is 0 Å². The number of sulfonamides is 2. The number of methoxy groups -OCH3 is 1. The lowest BCUT2D eigenvalue weighted by atomic mass is 10.1. The van der Waals surface area contributed by atoms with Gasteiger partial charge >= 0.3 is 0 Å². The molecular formula is C19H24N2O5S2. The van der Waals surface area contributed by atoms with Gasteiger partial charge < -0.3 is 4.74 Å². The molecule has 0 saturated carbocycles. The van der Waals surface area contributed by atoms with Crippen molar-refractivity contribution in [2.24, 2.45) is 0 Å². The first-order valence-electron chi connectivity index (χ1n) is 8.84. The highest BCUT2D eigenvalue weighted by Crippen LogP contribution is 2.36. The maximum absolute atomic E-state index is 13.4. The second kappa shape index (κ2) is 7.82. The van der Waals surface area contributed by atoms with Gasteiger partial charge in [0, 0.05) is 13.1 Å². The molecule has 0 aliphatic carbocycles. The molecule has 7 nitrogen and oxygen atoms in total. The fraction of sp³-hybridized carbons (Fsp3) is 0.368. The van der Waals surface area contributed by atoms with Gasteiger partial charge in [-0.3, -0.25) is 0 Å². The lowest BCUT2D eigenvalue weighted by Crippen LogP contribution is -2.51. The summed E-state index contributed by atoms with van der Waals surface area (Å²) in [6.45, 7) is 2.37. The van der Waals surface area contributed by atoms with Crippen LogP contribution in [0.4, 0.5) is 0 Å². The molecule has 1 unspecified atom stereocenters. The van der Waals surface area contributed by atoms with E-state index in [0.717, 1.165) is 11.8 Å². The van der Waals surface area contributed by atoms with Crippen molar-refractivity contribution in [3.63, 3.8) is 0 Å². The van der Waals surface area contributed by atoms with E-state index in [-0.39, 0.29) is 18.0 Å². The number of hydrogen-bond acceptors (Lipinski definition) is 5. The molecular weight excluding hydrogens is 400 g/mol. The molecule has 0 bridgehead atoms. The van der Waals surface area contributed by atoms with Crippen molar-refractivity contribution in [1.29, 1.82) is 0 Å². The first kappa shape index (κ1) is 20.8. The molecule has 1 fully saturated rings. The molecule has 3 rings (SSSR count). The second-order valence-electron chi connectivity index (χ2n) is 6.80. The summed E-state index contributed by atoms with van der Waals surface area (Å²) < 4.78 is 59.2. The van der Waals surface area contributed by atoms with E-state index in [1.54, 1.807) is 48.5 Å². The lowest BCUT2D eigenvalue weighted by molar-refractivity contribution is 0.136. The second-order valence-corrected chi connectivity index (χ2v) is 10.6. The Morgan fingerprint density at radius 1 is 0.893 bits per heavy atom. The Kier molecular flexibility index (Phi) is 5.81. The fourth-order valence-electron chi connectivity index (χ4n) is 3.32. The summed E-state index contributed by atoms with van der Waals surface area (Å²) in [5.41, 5.74) is 1.52. The average molecular weight is 425 g/mol. The summed E-state index contributed by atoms with van der Waals surface area (Å²) in [4.78, 5) is 0.145. The molecule has 1 aliphatic rings. The van der Waals surface area contributed by atoms with E-state index in [0.29, 0.717) is 17.7 Å². The predicted octanol–water partition coefficient (Wildman–Crippen LogP) is 2.36. The van der Waals surface area contributed by atoms with E-state index in [1.165, 1.54) is 15.7 Å². The van der Waals surface area contributed by atoms with Crippen molar-refractivity contribution in [3.05, 3.63) is 59.7 Å². The number of ether oxygens (including phenoxy) is 1. The third-order valence-corrected chi connectivity index (χ3v) is 7.87. The standard InChI is InChI=1S/C19H24N2O5S2/c1-15-5-11-18(12-6-15)28(24,25)21-14-4-13-20(27(3,22)23)19(21)16-7-9-17(26-2)10-8-16/h5-12,19H,4,13-14H2,1-3H3. The molecule has 0 radical (unpaired) electrons. The Bertz CT molecular complexity index is 1030. The maximum atomic E-state index is 13.4. The highest BCUT2D eigenvalue weighted by molar-refractivity contribution is 7.89. The molecule has 2 aromatic rings. The average Bonchev–Trinajstić information content (AvgIpc) is 2.67. The minimum atomic E-state index is -3.89. The Balaban J connectivity index is 2.11. The van der Waals surface area contributed by atoms with Crippen molar-refractivity contribution >= 4 is 20.0 Å². The topological polar surface area (TPSA) is 84.0 Å². The molecule has 152 valence electrons. The monoisotopic (exact) mass is 424 g/mol. The maximum Gasteiger partial charge on any atom is 0.244 e. The SMILES string of the molecule is COc1ccc(C2N(S(C)(=O)=O)CCCN2S(=O)(=O)c2ccc(C)cc2)cc1. The third kappa shape index (κ3) is 4.07. The molecule has 1 atom stereocenters. The van der Waals surface area contributed by atoms with E-state index in [2.05, 4.69) is 0 Å². The van der Waals surface area contributed by atoms with Gasteiger partial charge in [0.05, 0.1) is 18.3 Å². The molecule has 0 N–H and O–H groups in total. The van der Waals surface area contributed by atoms with Crippen molar-refractivity contribution in [1.82, 2.24) is 8.61 Å². The molecule has 1 aliphatic heterocycles. The molecule has 0 spiro atoms. The van der Waals surface area contributed by atoms with E-state index in [1.807, 2.05) is 6.92 Å². The minimum absolute atomic E-state index is 0.145. The van der Waals surface area contributed by atoms with Crippen LogP contribution in [0.1, 0.15) is 23.7 Å². The summed E-state index contributed by atoms with van der Waals surface area (Å²) >= 11 is 0. The van der Waals surface area contributed by atoms with Gasteiger partial charge in [-0.05, 0) is 43.2 Å². The molecule has 2 aromatic carbocycles. The highest BCUT2D eigenvalue weighted by Gasteiger charge is 2.42. The molecule has 1 heterocycles. The van der Waals surface area contributed by atoms with E-state index in [9.17, 15) is 16.8 Å². The summed E-state index contributed by atoms with van der Waals surface area (Å²) in [5, 5.41) is 0. The van der Waals surface area contributed by atoms with Gasteiger partial charge in [0.1, 0.15) is 11.9 Å². The Morgan fingerprint density at radius 3 is 2.00 bits per heavy atom. The normalized spacial score (nSPS) is 19.5. The van der Waals surface area contributed by atoms with Gasteiger partial charge in [-0.25, -0.2) is 16.8 Å². The van der Waals surface area contributed by atoms with Crippen molar-refractivity contribution < 1.29 is 21.6 Å². The van der Waals surface area contributed by atoms with Crippen LogP contribution >= 0.6 is 0 Å². The van der Waals surface area contributed by atoms with Gasteiger partial charge in [0.25, 0.3) is 0 Å². The first-order valence-corrected chi connectivity index (χ1v) is 12.1. The van der Waals surface area contributed by atoms with Gasteiger partial charge in [0.2, 0.25) is 20.0 Å². The number of nitrogens with zero attached hydrogens (tertiary/aromatic N) is 2. The smallest absolute Gasteiger partial charge is 0.244 e. The number of rotatable bonds is 5. The summed E-state index contributed by atoms with van der Waals surface area (Å²) in [7, 11) is -5.98. The van der Waals surface area contributed by atoms with Crippen LogP contribution in [0.25, 0.3) is 0 Å². The summed E-state index contributed by atoms with van der Waals surface area (Å²) in [5.74, 6) is 0.610. The quantitative estimate of drug-likeness (QED) is 0.736.